The van der Waals surface area contributed by atoms with Crippen LogP contribution in [0.1, 0.15) is 53.9 Å². The third-order valence-corrected chi connectivity index (χ3v) is 4.11. The Morgan fingerprint density at radius 3 is 2.69 bits per heavy atom. The van der Waals surface area contributed by atoms with Gasteiger partial charge in [-0.1, -0.05) is 27.2 Å². The van der Waals surface area contributed by atoms with E-state index in [1.807, 2.05) is 0 Å². The van der Waals surface area contributed by atoms with Crippen molar-refractivity contribution in [3.63, 3.8) is 0 Å². The van der Waals surface area contributed by atoms with Crippen molar-refractivity contribution in [1.29, 1.82) is 0 Å². The number of nitrogens with zero attached hydrogens (tertiary/aromatic N) is 1. The minimum atomic E-state index is 0.332. The fourth-order valence-electron chi connectivity index (χ4n) is 2.65. The van der Waals surface area contributed by atoms with Crippen LogP contribution in [-0.2, 0) is 0 Å². The molecule has 16 heavy (non-hydrogen) atoms. The summed E-state index contributed by atoms with van der Waals surface area (Å²) in [6, 6.07) is 0.693. The summed E-state index contributed by atoms with van der Waals surface area (Å²) in [7, 11) is 0. The smallest absolute Gasteiger partial charge is 0.0278 e. The molecule has 0 aliphatic carbocycles. The summed E-state index contributed by atoms with van der Waals surface area (Å²) in [4.78, 5) is 2.68. The molecule has 0 radical (unpaired) electrons. The van der Waals surface area contributed by atoms with Crippen molar-refractivity contribution in [2.75, 3.05) is 19.6 Å². The largest absolute Gasteiger partial charge is 0.309 e. The molecule has 1 N–H and O–H groups in total. The first-order valence-corrected chi connectivity index (χ1v) is 6.99. The zero-order chi connectivity index (χ0) is 12.2. The van der Waals surface area contributed by atoms with Gasteiger partial charge < -0.3 is 5.32 Å². The van der Waals surface area contributed by atoms with E-state index in [0.29, 0.717) is 11.6 Å². The van der Waals surface area contributed by atoms with Crippen LogP contribution in [0.5, 0.6) is 0 Å². The van der Waals surface area contributed by atoms with E-state index in [1.165, 1.54) is 32.4 Å². The fourth-order valence-corrected chi connectivity index (χ4v) is 2.65. The quantitative estimate of drug-likeness (QED) is 0.775. The summed E-state index contributed by atoms with van der Waals surface area (Å²) in [5, 5.41) is 3.69. The maximum atomic E-state index is 3.69. The molecular formula is C14H30N2. The van der Waals surface area contributed by atoms with Crippen LogP contribution in [0, 0.1) is 5.92 Å². The van der Waals surface area contributed by atoms with E-state index in [9.17, 15) is 0 Å². The molecule has 1 aliphatic heterocycles. The minimum absolute atomic E-state index is 0.332. The van der Waals surface area contributed by atoms with Gasteiger partial charge in [-0.05, 0) is 32.6 Å². The van der Waals surface area contributed by atoms with Crippen LogP contribution in [0.2, 0.25) is 0 Å². The third kappa shape index (κ3) is 3.74. The second-order valence-electron chi connectivity index (χ2n) is 5.97. The minimum Gasteiger partial charge on any atom is -0.309 e. The van der Waals surface area contributed by atoms with Crippen molar-refractivity contribution in [3.05, 3.63) is 0 Å². The monoisotopic (exact) mass is 226 g/mol. The third-order valence-electron chi connectivity index (χ3n) is 4.11. The Kier molecular flexibility index (Phi) is 5.26. The molecule has 0 aromatic heterocycles. The summed E-state index contributed by atoms with van der Waals surface area (Å²) in [6.07, 6.45) is 3.89. The predicted molar refractivity (Wildman–Crippen MR) is 71.8 cm³/mol. The van der Waals surface area contributed by atoms with E-state index in [4.69, 9.17) is 0 Å². The van der Waals surface area contributed by atoms with Crippen LogP contribution in [0.15, 0.2) is 0 Å². The molecular weight excluding hydrogens is 196 g/mol. The molecule has 96 valence electrons. The Balaban J connectivity index is 2.49. The van der Waals surface area contributed by atoms with Crippen LogP contribution in [-0.4, -0.2) is 36.1 Å². The molecule has 0 bridgehead atoms. The van der Waals surface area contributed by atoms with Crippen LogP contribution >= 0.6 is 0 Å². The number of hydrogen-bond donors (Lipinski definition) is 1. The van der Waals surface area contributed by atoms with Crippen LogP contribution in [0.25, 0.3) is 0 Å². The number of hydrogen-bond acceptors (Lipinski definition) is 2. The van der Waals surface area contributed by atoms with E-state index in [0.717, 1.165) is 12.5 Å². The highest BCUT2D eigenvalue weighted by Crippen LogP contribution is 2.20. The van der Waals surface area contributed by atoms with Gasteiger partial charge in [0.15, 0.2) is 0 Å². The summed E-state index contributed by atoms with van der Waals surface area (Å²) >= 11 is 0. The molecule has 1 fully saturated rings. The Bertz CT molecular complexity index is 205. The Morgan fingerprint density at radius 2 is 2.12 bits per heavy atom. The molecule has 3 atom stereocenters. The van der Waals surface area contributed by atoms with E-state index in [-0.39, 0.29) is 0 Å². The molecule has 3 unspecified atom stereocenters. The summed E-state index contributed by atoms with van der Waals surface area (Å²) in [5.74, 6) is 0.839. The first-order valence-electron chi connectivity index (χ1n) is 6.99. The Morgan fingerprint density at radius 1 is 1.44 bits per heavy atom. The molecule has 0 aromatic rings. The predicted octanol–water partition coefficient (Wildman–Crippen LogP) is 2.89. The van der Waals surface area contributed by atoms with Crippen LogP contribution in [0.4, 0.5) is 0 Å². The van der Waals surface area contributed by atoms with Gasteiger partial charge in [0.2, 0.25) is 0 Å². The summed E-state index contributed by atoms with van der Waals surface area (Å²) < 4.78 is 0. The van der Waals surface area contributed by atoms with Crippen molar-refractivity contribution in [2.45, 2.75) is 65.5 Å². The van der Waals surface area contributed by atoms with E-state index < -0.39 is 0 Å². The normalized spacial score (nSPS) is 33.9. The lowest BCUT2D eigenvalue weighted by Gasteiger charge is -2.45. The van der Waals surface area contributed by atoms with Gasteiger partial charge in [0.1, 0.15) is 0 Å². The molecule has 2 nitrogen and oxygen atoms in total. The molecule has 1 saturated heterocycles. The van der Waals surface area contributed by atoms with Gasteiger partial charge in [-0.3, -0.25) is 4.90 Å². The lowest BCUT2D eigenvalue weighted by Crippen LogP contribution is -2.62. The molecule has 2 heteroatoms. The van der Waals surface area contributed by atoms with Gasteiger partial charge in [0.05, 0.1) is 0 Å². The zero-order valence-corrected chi connectivity index (χ0v) is 11.8. The van der Waals surface area contributed by atoms with Gasteiger partial charge in [-0.15, -0.1) is 0 Å². The first-order chi connectivity index (χ1) is 7.50. The summed E-state index contributed by atoms with van der Waals surface area (Å²) in [6.45, 7) is 15.3. The van der Waals surface area contributed by atoms with Gasteiger partial charge in [-0.25, -0.2) is 0 Å². The second kappa shape index (κ2) is 6.02. The van der Waals surface area contributed by atoms with Crippen molar-refractivity contribution in [2.24, 2.45) is 5.92 Å². The highest BCUT2D eigenvalue weighted by Gasteiger charge is 2.32. The fraction of sp³-hybridized carbons (Fsp3) is 1.00. The van der Waals surface area contributed by atoms with Gasteiger partial charge >= 0.3 is 0 Å². The van der Waals surface area contributed by atoms with Crippen molar-refractivity contribution >= 4 is 0 Å². The number of rotatable bonds is 5. The summed E-state index contributed by atoms with van der Waals surface area (Å²) in [5.41, 5.74) is 0.332. The molecule has 0 saturated carbocycles. The molecule has 0 aromatic carbocycles. The molecule has 1 heterocycles. The average Bonchev–Trinajstić information content (AvgIpc) is 2.24. The molecule has 1 aliphatic rings. The lowest BCUT2D eigenvalue weighted by molar-refractivity contribution is 0.0788. The zero-order valence-electron chi connectivity index (χ0n) is 11.8. The molecule has 0 spiro atoms. The standard InChI is InChI=1S/C14H30N2/c1-6-8-12(3)10-16-11-14(5,7-2)15-9-13(16)4/h12-13,15H,6-11H2,1-5H3. The molecule has 1 rings (SSSR count). The maximum absolute atomic E-state index is 3.69. The SMILES string of the molecule is CCCC(C)CN1CC(C)(CC)NCC1C. The number of piperazine rings is 1. The van der Waals surface area contributed by atoms with Crippen molar-refractivity contribution in [1.82, 2.24) is 10.2 Å². The van der Waals surface area contributed by atoms with E-state index in [1.54, 1.807) is 0 Å². The highest BCUT2D eigenvalue weighted by molar-refractivity contribution is 4.93. The van der Waals surface area contributed by atoms with E-state index in [2.05, 4.69) is 44.8 Å². The Labute approximate surface area is 102 Å². The number of nitrogens with one attached hydrogen (secondary N) is 1. The van der Waals surface area contributed by atoms with Gasteiger partial charge in [0.25, 0.3) is 0 Å². The van der Waals surface area contributed by atoms with Crippen LogP contribution < -0.4 is 5.32 Å². The lowest BCUT2D eigenvalue weighted by atomic mass is 9.92. The maximum Gasteiger partial charge on any atom is 0.0278 e. The van der Waals surface area contributed by atoms with Gasteiger partial charge in [0, 0.05) is 31.2 Å². The van der Waals surface area contributed by atoms with Crippen LogP contribution in [0.3, 0.4) is 0 Å². The highest BCUT2D eigenvalue weighted by atomic mass is 15.2. The van der Waals surface area contributed by atoms with Crippen molar-refractivity contribution < 1.29 is 0 Å². The first kappa shape index (κ1) is 14.0. The van der Waals surface area contributed by atoms with E-state index >= 15 is 0 Å². The topological polar surface area (TPSA) is 15.3 Å². The molecule has 0 amide bonds. The van der Waals surface area contributed by atoms with Crippen molar-refractivity contribution in [3.8, 4) is 0 Å². The van der Waals surface area contributed by atoms with Gasteiger partial charge in [-0.2, -0.15) is 0 Å². The average molecular weight is 226 g/mol. The second-order valence-corrected chi connectivity index (χ2v) is 5.97. The Hall–Kier alpha value is -0.0800.